The predicted molar refractivity (Wildman–Crippen MR) is 35.5 cm³/mol. The Balaban J connectivity index is 4.08. The topological polar surface area (TPSA) is 57.6 Å². The quantitative estimate of drug-likeness (QED) is 0.547. The van der Waals surface area contributed by atoms with Crippen molar-refractivity contribution in [2.24, 2.45) is 5.92 Å². The zero-order valence-corrected chi connectivity index (χ0v) is 6.29. The Morgan fingerprint density at radius 2 is 1.80 bits per heavy atom. The minimum Gasteiger partial charge on any atom is -0.481 e. The molecule has 0 aliphatic rings. The molecule has 1 unspecified atom stereocenters. The summed E-state index contributed by atoms with van der Waals surface area (Å²) in [5.41, 5.74) is 0. The first kappa shape index (κ1) is 8.94. The summed E-state index contributed by atoms with van der Waals surface area (Å²) in [6.45, 7) is 1.37. The second-order valence-electron chi connectivity index (χ2n) is 2.29. The van der Waals surface area contributed by atoms with Crippen molar-refractivity contribution in [2.45, 2.75) is 6.92 Å². The Morgan fingerprint density at radius 1 is 1.40 bits per heavy atom. The van der Waals surface area contributed by atoms with Crippen molar-refractivity contribution < 1.29 is 14.7 Å². The number of carbonyl (C=O) groups is 2. The van der Waals surface area contributed by atoms with Crippen molar-refractivity contribution in [3.8, 4) is 0 Å². The Kier molecular flexibility index (Phi) is 2.86. The highest BCUT2D eigenvalue weighted by Gasteiger charge is 2.21. The van der Waals surface area contributed by atoms with E-state index in [0.29, 0.717) is 0 Å². The van der Waals surface area contributed by atoms with E-state index in [2.05, 4.69) is 0 Å². The maximum absolute atomic E-state index is 10.8. The summed E-state index contributed by atoms with van der Waals surface area (Å²) >= 11 is 0. The van der Waals surface area contributed by atoms with E-state index in [0.717, 1.165) is 0 Å². The molecular formula is C6H11NO3. The van der Waals surface area contributed by atoms with Crippen LogP contribution in [0.5, 0.6) is 0 Å². The van der Waals surface area contributed by atoms with E-state index < -0.39 is 11.9 Å². The molecule has 0 spiro atoms. The van der Waals surface area contributed by atoms with E-state index in [1.165, 1.54) is 25.9 Å². The standard InChI is InChI=1S/C6H11NO3/c1-4(6(9)10)5(8)7(2)3/h4H,1-3H3,(H,9,10). The van der Waals surface area contributed by atoms with Gasteiger partial charge in [-0.05, 0) is 6.92 Å². The lowest BCUT2D eigenvalue weighted by molar-refractivity contribution is -0.149. The van der Waals surface area contributed by atoms with Crippen LogP contribution in [0.15, 0.2) is 0 Å². The lowest BCUT2D eigenvalue weighted by Crippen LogP contribution is -2.32. The molecule has 0 fully saturated rings. The number of nitrogens with zero attached hydrogens (tertiary/aromatic N) is 1. The molecule has 0 saturated heterocycles. The van der Waals surface area contributed by atoms with Gasteiger partial charge in [0.05, 0.1) is 0 Å². The van der Waals surface area contributed by atoms with Crippen molar-refractivity contribution in [2.75, 3.05) is 14.1 Å². The second-order valence-corrected chi connectivity index (χ2v) is 2.29. The largest absolute Gasteiger partial charge is 0.481 e. The molecule has 1 N–H and O–H groups in total. The molecule has 4 heteroatoms. The molecule has 10 heavy (non-hydrogen) atoms. The minimum atomic E-state index is -1.08. The minimum absolute atomic E-state index is 0.382. The molecule has 4 nitrogen and oxygen atoms in total. The number of carbonyl (C=O) groups excluding carboxylic acids is 1. The van der Waals surface area contributed by atoms with Gasteiger partial charge in [-0.2, -0.15) is 0 Å². The van der Waals surface area contributed by atoms with Gasteiger partial charge in [0.25, 0.3) is 0 Å². The van der Waals surface area contributed by atoms with Gasteiger partial charge in [0, 0.05) is 14.1 Å². The zero-order valence-electron chi connectivity index (χ0n) is 6.29. The van der Waals surface area contributed by atoms with Gasteiger partial charge in [-0.1, -0.05) is 0 Å². The molecule has 0 aliphatic carbocycles. The van der Waals surface area contributed by atoms with Crippen LogP contribution in [0.3, 0.4) is 0 Å². The van der Waals surface area contributed by atoms with Crippen LogP contribution >= 0.6 is 0 Å². The summed E-state index contributed by atoms with van der Waals surface area (Å²) in [4.78, 5) is 22.3. The maximum Gasteiger partial charge on any atom is 0.315 e. The first-order valence-electron chi connectivity index (χ1n) is 2.90. The van der Waals surface area contributed by atoms with Crippen LogP contribution in [-0.2, 0) is 9.59 Å². The number of aliphatic carboxylic acids is 1. The van der Waals surface area contributed by atoms with E-state index >= 15 is 0 Å². The van der Waals surface area contributed by atoms with Crippen LogP contribution < -0.4 is 0 Å². The number of carboxylic acid groups (broad SMARTS) is 1. The Labute approximate surface area is 59.4 Å². The highest BCUT2D eigenvalue weighted by Crippen LogP contribution is 1.97. The molecule has 0 rings (SSSR count). The van der Waals surface area contributed by atoms with Gasteiger partial charge >= 0.3 is 5.97 Å². The first-order valence-corrected chi connectivity index (χ1v) is 2.90. The molecule has 0 aromatic rings. The summed E-state index contributed by atoms with van der Waals surface area (Å²) in [6, 6.07) is 0. The van der Waals surface area contributed by atoms with Crippen LogP contribution in [0.2, 0.25) is 0 Å². The molecule has 0 heterocycles. The third-order valence-electron chi connectivity index (χ3n) is 1.18. The summed E-state index contributed by atoms with van der Waals surface area (Å²) in [6.07, 6.45) is 0. The fourth-order valence-electron chi connectivity index (χ4n) is 0.493. The van der Waals surface area contributed by atoms with Gasteiger partial charge in [-0.25, -0.2) is 0 Å². The van der Waals surface area contributed by atoms with E-state index in [4.69, 9.17) is 5.11 Å². The van der Waals surface area contributed by atoms with Gasteiger partial charge in [-0.3, -0.25) is 9.59 Å². The average molecular weight is 145 g/mol. The summed E-state index contributed by atoms with van der Waals surface area (Å²) in [5.74, 6) is -2.40. The highest BCUT2D eigenvalue weighted by molar-refractivity contribution is 5.96. The van der Waals surface area contributed by atoms with Gasteiger partial charge in [0.2, 0.25) is 5.91 Å². The predicted octanol–water partition coefficient (Wildman–Crippen LogP) is -0.205. The van der Waals surface area contributed by atoms with Crippen molar-refractivity contribution in [1.82, 2.24) is 4.90 Å². The van der Waals surface area contributed by atoms with Gasteiger partial charge in [0.15, 0.2) is 0 Å². The smallest absolute Gasteiger partial charge is 0.315 e. The lowest BCUT2D eigenvalue weighted by atomic mass is 10.1. The van der Waals surface area contributed by atoms with Crippen molar-refractivity contribution >= 4 is 11.9 Å². The maximum atomic E-state index is 10.8. The Bertz CT molecular complexity index is 153. The van der Waals surface area contributed by atoms with Crippen LogP contribution in [0.25, 0.3) is 0 Å². The molecule has 1 atom stereocenters. The first-order chi connectivity index (χ1) is 4.46. The normalized spacial score (nSPS) is 12.3. The van der Waals surface area contributed by atoms with Gasteiger partial charge in [-0.15, -0.1) is 0 Å². The molecule has 0 aromatic heterocycles. The zero-order chi connectivity index (χ0) is 8.31. The molecule has 0 radical (unpaired) electrons. The van der Waals surface area contributed by atoms with Crippen molar-refractivity contribution in [3.63, 3.8) is 0 Å². The van der Waals surface area contributed by atoms with Crippen molar-refractivity contribution in [1.29, 1.82) is 0 Å². The second kappa shape index (κ2) is 3.20. The summed E-state index contributed by atoms with van der Waals surface area (Å²) in [5, 5.41) is 8.35. The Hall–Kier alpha value is -1.06. The van der Waals surface area contributed by atoms with E-state index in [1.807, 2.05) is 0 Å². The number of rotatable bonds is 2. The third kappa shape index (κ3) is 2.05. The number of carboxylic acids is 1. The summed E-state index contributed by atoms with van der Waals surface area (Å²) < 4.78 is 0. The molecule has 0 aliphatic heterocycles. The molecule has 58 valence electrons. The molecule has 1 amide bonds. The fourth-order valence-corrected chi connectivity index (χ4v) is 0.493. The van der Waals surface area contributed by atoms with E-state index in [-0.39, 0.29) is 5.91 Å². The average Bonchev–Trinajstić information content (AvgIpc) is 1.84. The lowest BCUT2D eigenvalue weighted by Gasteiger charge is -2.12. The third-order valence-corrected chi connectivity index (χ3v) is 1.18. The van der Waals surface area contributed by atoms with E-state index in [1.54, 1.807) is 0 Å². The van der Waals surface area contributed by atoms with Gasteiger partial charge < -0.3 is 10.0 Å². The van der Waals surface area contributed by atoms with E-state index in [9.17, 15) is 9.59 Å². The number of hydrogen-bond donors (Lipinski definition) is 1. The summed E-state index contributed by atoms with van der Waals surface area (Å²) in [7, 11) is 3.06. The number of amides is 1. The van der Waals surface area contributed by atoms with Crippen LogP contribution in [0.1, 0.15) is 6.92 Å². The fraction of sp³-hybridized carbons (Fsp3) is 0.667. The molecule has 0 saturated carbocycles. The SMILES string of the molecule is CC(C(=O)O)C(=O)N(C)C. The van der Waals surface area contributed by atoms with Crippen LogP contribution in [0.4, 0.5) is 0 Å². The van der Waals surface area contributed by atoms with Crippen LogP contribution in [0, 0.1) is 5.92 Å². The number of hydrogen-bond acceptors (Lipinski definition) is 2. The highest BCUT2D eigenvalue weighted by atomic mass is 16.4. The van der Waals surface area contributed by atoms with Crippen LogP contribution in [-0.4, -0.2) is 36.0 Å². The van der Waals surface area contributed by atoms with Gasteiger partial charge in [0.1, 0.15) is 5.92 Å². The van der Waals surface area contributed by atoms with Crippen molar-refractivity contribution in [3.05, 3.63) is 0 Å². The molecular weight excluding hydrogens is 134 g/mol. The molecule has 0 aromatic carbocycles. The Morgan fingerprint density at radius 3 is 1.90 bits per heavy atom. The monoisotopic (exact) mass is 145 g/mol. The molecule has 0 bridgehead atoms.